The monoisotopic (exact) mass is 349 g/mol. The highest BCUT2D eigenvalue weighted by Gasteiger charge is 2.12. The molecule has 0 saturated carbocycles. The van der Waals surface area contributed by atoms with Crippen LogP contribution in [0.15, 0.2) is 53.7 Å². The number of carbonyl (C=O) groups excluding carboxylic acids is 1. The van der Waals surface area contributed by atoms with Crippen molar-refractivity contribution in [2.75, 3.05) is 5.32 Å². The fourth-order valence-corrected chi connectivity index (χ4v) is 2.72. The normalized spacial score (nSPS) is 15.8. The van der Waals surface area contributed by atoms with E-state index in [0.717, 1.165) is 28.0 Å². The summed E-state index contributed by atoms with van der Waals surface area (Å²) in [4.78, 5) is 16.3. The number of hydrogen-bond donors (Lipinski definition) is 2. The molecule has 0 saturated heterocycles. The summed E-state index contributed by atoms with van der Waals surface area (Å²) in [7, 11) is 0. The van der Waals surface area contributed by atoms with Gasteiger partial charge in [-0.15, -0.1) is 0 Å². The van der Waals surface area contributed by atoms with E-state index >= 15 is 0 Å². The van der Waals surface area contributed by atoms with E-state index in [-0.39, 0.29) is 12.6 Å². The molecule has 1 unspecified atom stereocenters. The summed E-state index contributed by atoms with van der Waals surface area (Å²) in [6, 6.07) is 13.9. The number of ether oxygens (including phenoxy) is 1. The zero-order valence-corrected chi connectivity index (χ0v) is 15.2. The summed E-state index contributed by atoms with van der Waals surface area (Å²) in [6.07, 6.45) is 3.20. The zero-order valence-electron chi connectivity index (χ0n) is 15.2. The first-order valence-corrected chi connectivity index (χ1v) is 8.61. The van der Waals surface area contributed by atoms with Crippen LogP contribution in [0.3, 0.4) is 0 Å². The quantitative estimate of drug-likeness (QED) is 0.859. The van der Waals surface area contributed by atoms with Gasteiger partial charge in [0.1, 0.15) is 6.61 Å². The third kappa shape index (κ3) is 4.30. The minimum Gasteiger partial charge on any atom is -0.444 e. The molecule has 2 N–H and O–H groups in total. The Morgan fingerprint density at radius 3 is 2.62 bits per heavy atom. The maximum atomic E-state index is 12.0. The van der Waals surface area contributed by atoms with Gasteiger partial charge in [0.25, 0.3) is 0 Å². The molecular weight excluding hydrogens is 326 g/mol. The topological polar surface area (TPSA) is 62.7 Å². The van der Waals surface area contributed by atoms with Gasteiger partial charge in [-0.3, -0.25) is 10.3 Å². The van der Waals surface area contributed by atoms with Crippen LogP contribution in [0.2, 0.25) is 0 Å². The second-order valence-electron chi connectivity index (χ2n) is 6.42. The highest BCUT2D eigenvalue weighted by molar-refractivity contribution is 5.84. The van der Waals surface area contributed by atoms with Crippen molar-refractivity contribution in [3.05, 3.63) is 70.9 Å². The molecule has 1 aliphatic rings. The van der Waals surface area contributed by atoms with Crippen LogP contribution >= 0.6 is 0 Å². The molecule has 134 valence electrons. The molecule has 0 aromatic heterocycles. The molecule has 0 bridgehead atoms. The lowest BCUT2D eigenvalue weighted by Crippen LogP contribution is -2.16. The molecule has 0 spiro atoms. The van der Waals surface area contributed by atoms with Crippen molar-refractivity contribution >= 4 is 23.7 Å². The molecule has 1 aliphatic heterocycles. The van der Waals surface area contributed by atoms with E-state index in [1.807, 2.05) is 62.5 Å². The molecule has 5 nitrogen and oxygen atoms in total. The lowest BCUT2D eigenvalue weighted by Gasteiger charge is -2.16. The minimum atomic E-state index is -0.459. The number of nitrogens with one attached hydrogen (secondary N) is 2. The fraction of sp³-hybridized carbons (Fsp3) is 0.238. The van der Waals surface area contributed by atoms with E-state index in [9.17, 15) is 4.79 Å². The van der Waals surface area contributed by atoms with Gasteiger partial charge in [0.2, 0.25) is 0 Å². The van der Waals surface area contributed by atoms with Crippen molar-refractivity contribution < 1.29 is 9.53 Å². The number of aliphatic imine (C=N–C) groups is 1. The lowest BCUT2D eigenvalue weighted by atomic mass is 9.99. The van der Waals surface area contributed by atoms with Crippen molar-refractivity contribution in [3.63, 3.8) is 0 Å². The van der Waals surface area contributed by atoms with Gasteiger partial charge < -0.3 is 10.1 Å². The van der Waals surface area contributed by atoms with Crippen molar-refractivity contribution in [2.24, 2.45) is 4.99 Å². The van der Waals surface area contributed by atoms with E-state index in [2.05, 4.69) is 22.5 Å². The maximum Gasteiger partial charge on any atom is 0.411 e. The van der Waals surface area contributed by atoms with Crippen molar-refractivity contribution in [1.29, 1.82) is 0 Å². The Balaban J connectivity index is 1.55. The van der Waals surface area contributed by atoms with E-state index in [1.165, 1.54) is 5.56 Å². The number of carbonyl (C=O) groups is 1. The summed E-state index contributed by atoms with van der Waals surface area (Å²) in [6.45, 7) is 6.32. The van der Waals surface area contributed by atoms with Gasteiger partial charge >= 0.3 is 6.09 Å². The Labute approximate surface area is 153 Å². The van der Waals surface area contributed by atoms with Crippen molar-refractivity contribution in [2.45, 2.75) is 33.4 Å². The molecule has 3 rings (SSSR count). The lowest BCUT2D eigenvalue weighted by molar-refractivity contribution is 0.155. The molecule has 1 heterocycles. The van der Waals surface area contributed by atoms with Crippen LogP contribution in [0.25, 0.3) is 5.57 Å². The van der Waals surface area contributed by atoms with E-state index in [1.54, 1.807) is 6.34 Å². The summed E-state index contributed by atoms with van der Waals surface area (Å²) in [5, 5.41) is 5.77. The SMILES string of the molecule is Cc1ccc(NC(=O)OCc2ccc(C3=CNC=NC3C)cc2)cc1C. The zero-order chi connectivity index (χ0) is 18.5. The Hall–Kier alpha value is -3.08. The molecule has 1 amide bonds. The Morgan fingerprint density at radius 2 is 1.92 bits per heavy atom. The molecule has 0 fully saturated rings. The second kappa shape index (κ2) is 7.87. The van der Waals surface area contributed by atoms with Gasteiger partial charge in [-0.2, -0.15) is 0 Å². The van der Waals surface area contributed by atoms with Gasteiger partial charge in [-0.25, -0.2) is 4.79 Å². The van der Waals surface area contributed by atoms with Gasteiger partial charge in [-0.05, 0) is 60.7 Å². The van der Waals surface area contributed by atoms with Gasteiger partial charge in [-0.1, -0.05) is 30.3 Å². The van der Waals surface area contributed by atoms with Crippen molar-refractivity contribution in [3.8, 4) is 0 Å². The number of aryl methyl sites for hydroxylation is 2. The number of rotatable bonds is 4. The summed E-state index contributed by atoms with van der Waals surface area (Å²) in [5.74, 6) is 0. The summed E-state index contributed by atoms with van der Waals surface area (Å²) in [5.41, 5.74) is 6.22. The standard InChI is InChI=1S/C21H23N3O2/c1-14-4-9-19(10-15(14)2)24-21(25)26-12-17-5-7-18(8-6-17)20-11-22-13-23-16(20)3/h4-11,13,16H,12H2,1-3H3,(H,22,23)(H,24,25). The highest BCUT2D eigenvalue weighted by atomic mass is 16.5. The van der Waals surface area contributed by atoms with Gasteiger partial charge in [0.15, 0.2) is 0 Å². The third-order valence-corrected chi connectivity index (χ3v) is 4.47. The maximum absolute atomic E-state index is 12.0. The summed E-state index contributed by atoms with van der Waals surface area (Å²) >= 11 is 0. The van der Waals surface area contributed by atoms with Gasteiger partial charge in [0.05, 0.1) is 12.4 Å². The molecule has 0 radical (unpaired) electrons. The minimum absolute atomic E-state index is 0.127. The van der Waals surface area contributed by atoms with Crippen molar-refractivity contribution in [1.82, 2.24) is 5.32 Å². The average Bonchev–Trinajstić information content (AvgIpc) is 2.64. The van der Waals surface area contributed by atoms with E-state index in [0.29, 0.717) is 0 Å². The molecule has 2 aromatic carbocycles. The van der Waals surface area contributed by atoms with E-state index in [4.69, 9.17) is 4.74 Å². The first-order chi connectivity index (χ1) is 12.5. The van der Waals surface area contributed by atoms with Crippen LogP contribution in [-0.4, -0.2) is 18.5 Å². The molecular formula is C21H23N3O2. The number of hydrogen-bond acceptors (Lipinski definition) is 4. The predicted molar refractivity (Wildman–Crippen MR) is 105 cm³/mol. The summed E-state index contributed by atoms with van der Waals surface area (Å²) < 4.78 is 5.31. The molecule has 26 heavy (non-hydrogen) atoms. The highest BCUT2D eigenvalue weighted by Crippen LogP contribution is 2.22. The fourth-order valence-electron chi connectivity index (χ4n) is 2.72. The molecule has 2 aromatic rings. The number of benzene rings is 2. The Kier molecular flexibility index (Phi) is 5.37. The largest absolute Gasteiger partial charge is 0.444 e. The molecule has 5 heteroatoms. The van der Waals surface area contributed by atoms with Crippen LogP contribution in [0.4, 0.5) is 10.5 Å². The number of nitrogens with zero attached hydrogens (tertiary/aromatic N) is 1. The van der Waals surface area contributed by atoms with Crippen LogP contribution in [0.1, 0.15) is 29.2 Å². The van der Waals surface area contributed by atoms with Crippen LogP contribution in [0, 0.1) is 13.8 Å². The van der Waals surface area contributed by atoms with Crippen LogP contribution in [-0.2, 0) is 11.3 Å². The number of amides is 1. The smallest absolute Gasteiger partial charge is 0.411 e. The van der Waals surface area contributed by atoms with Crippen LogP contribution < -0.4 is 10.6 Å². The Bertz CT molecular complexity index is 854. The first-order valence-electron chi connectivity index (χ1n) is 8.61. The predicted octanol–water partition coefficient (Wildman–Crippen LogP) is 4.41. The molecule has 0 aliphatic carbocycles. The van der Waals surface area contributed by atoms with Gasteiger partial charge in [0, 0.05) is 11.9 Å². The molecule has 1 atom stereocenters. The van der Waals surface area contributed by atoms with E-state index < -0.39 is 6.09 Å². The second-order valence-corrected chi connectivity index (χ2v) is 6.42. The number of anilines is 1. The average molecular weight is 349 g/mol. The Morgan fingerprint density at radius 1 is 1.15 bits per heavy atom. The third-order valence-electron chi connectivity index (χ3n) is 4.47. The van der Waals surface area contributed by atoms with Crippen LogP contribution in [0.5, 0.6) is 0 Å². The first kappa shape index (κ1) is 17.7.